The summed E-state index contributed by atoms with van der Waals surface area (Å²) in [4.78, 5) is 25.0. The van der Waals surface area contributed by atoms with Gasteiger partial charge in [-0.25, -0.2) is 4.39 Å². The molecule has 0 aliphatic carbocycles. The van der Waals surface area contributed by atoms with Crippen molar-refractivity contribution >= 4 is 11.9 Å². The minimum absolute atomic E-state index is 0.0854. The molecule has 0 fully saturated rings. The molecule has 1 amide bonds. The van der Waals surface area contributed by atoms with Crippen LogP contribution in [0, 0.1) is 5.82 Å². The molecule has 1 aromatic carbocycles. The SMILES string of the molecule is CCCN(CC(=O)OCC)C(=O)c1ccc(F)cc1. The molecule has 104 valence electrons. The Kier molecular flexibility index (Phi) is 5.99. The Morgan fingerprint density at radius 3 is 2.37 bits per heavy atom. The van der Waals surface area contributed by atoms with Crippen LogP contribution in [0.2, 0.25) is 0 Å². The van der Waals surface area contributed by atoms with Crippen LogP contribution in [-0.4, -0.2) is 36.5 Å². The molecule has 0 saturated heterocycles. The summed E-state index contributed by atoms with van der Waals surface area (Å²) in [5.41, 5.74) is 0.360. The standard InChI is InChI=1S/C14H18FNO3/c1-3-9-16(10-13(17)19-4-2)14(18)11-5-7-12(15)8-6-11/h5-8H,3-4,9-10H2,1-2H3. The smallest absolute Gasteiger partial charge is 0.325 e. The molecular formula is C14H18FNO3. The van der Waals surface area contributed by atoms with Gasteiger partial charge in [-0.2, -0.15) is 0 Å². The molecule has 0 N–H and O–H groups in total. The average Bonchev–Trinajstić information content (AvgIpc) is 2.38. The molecule has 4 nitrogen and oxygen atoms in total. The molecule has 0 heterocycles. The van der Waals surface area contributed by atoms with Crippen LogP contribution in [0.15, 0.2) is 24.3 Å². The zero-order valence-corrected chi connectivity index (χ0v) is 11.2. The van der Waals surface area contributed by atoms with Crippen molar-refractivity contribution in [1.82, 2.24) is 4.90 Å². The van der Waals surface area contributed by atoms with Gasteiger partial charge in [0.15, 0.2) is 0 Å². The van der Waals surface area contributed by atoms with E-state index < -0.39 is 11.8 Å². The summed E-state index contributed by atoms with van der Waals surface area (Å²) in [6.07, 6.45) is 0.729. The van der Waals surface area contributed by atoms with Gasteiger partial charge in [0.2, 0.25) is 0 Å². The summed E-state index contributed by atoms with van der Waals surface area (Å²) in [5.74, 6) is -1.13. The largest absolute Gasteiger partial charge is 0.465 e. The Balaban J connectivity index is 2.77. The van der Waals surface area contributed by atoms with Gasteiger partial charge in [-0.1, -0.05) is 6.92 Å². The number of rotatable bonds is 6. The number of amides is 1. The van der Waals surface area contributed by atoms with Crippen LogP contribution >= 0.6 is 0 Å². The van der Waals surface area contributed by atoms with Crippen LogP contribution in [0.4, 0.5) is 4.39 Å². The summed E-state index contributed by atoms with van der Waals surface area (Å²) in [5, 5.41) is 0. The predicted octanol–water partition coefficient (Wildman–Crippen LogP) is 2.24. The van der Waals surface area contributed by atoms with Crippen molar-refractivity contribution in [2.75, 3.05) is 19.7 Å². The monoisotopic (exact) mass is 267 g/mol. The third-order valence-electron chi connectivity index (χ3n) is 2.50. The van der Waals surface area contributed by atoms with E-state index in [2.05, 4.69) is 0 Å². The van der Waals surface area contributed by atoms with E-state index in [1.165, 1.54) is 29.2 Å². The second-order valence-electron chi connectivity index (χ2n) is 4.04. The molecule has 0 aromatic heterocycles. The predicted molar refractivity (Wildman–Crippen MR) is 69.2 cm³/mol. The Morgan fingerprint density at radius 1 is 1.21 bits per heavy atom. The van der Waals surface area contributed by atoms with Gasteiger partial charge in [0.25, 0.3) is 5.91 Å². The third-order valence-corrected chi connectivity index (χ3v) is 2.50. The lowest BCUT2D eigenvalue weighted by atomic mass is 10.2. The maximum absolute atomic E-state index is 12.8. The van der Waals surface area contributed by atoms with E-state index in [1.807, 2.05) is 6.92 Å². The fourth-order valence-electron chi connectivity index (χ4n) is 1.66. The van der Waals surface area contributed by atoms with Crippen molar-refractivity contribution in [3.05, 3.63) is 35.6 Å². The lowest BCUT2D eigenvalue weighted by Crippen LogP contribution is -2.37. The number of hydrogen-bond acceptors (Lipinski definition) is 3. The first kappa shape index (κ1) is 15.1. The van der Waals surface area contributed by atoms with Crippen LogP contribution in [0.3, 0.4) is 0 Å². The Hall–Kier alpha value is -1.91. The number of halogens is 1. The first-order valence-electron chi connectivity index (χ1n) is 6.29. The molecule has 19 heavy (non-hydrogen) atoms. The van der Waals surface area contributed by atoms with E-state index in [-0.39, 0.29) is 19.1 Å². The quantitative estimate of drug-likeness (QED) is 0.743. The molecule has 0 saturated carbocycles. The van der Waals surface area contributed by atoms with Crippen LogP contribution in [0.1, 0.15) is 30.6 Å². The molecule has 0 aliphatic rings. The average molecular weight is 267 g/mol. The van der Waals surface area contributed by atoms with Gasteiger partial charge >= 0.3 is 5.97 Å². The highest BCUT2D eigenvalue weighted by Crippen LogP contribution is 2.07. The minimum atomic E-state index is -0.439. The first-order chi connectivity index (χ1) is 9.08. The van der Waals surface area contributed by atoms with Gasteiger partial charge < -0.3 is 9.64 Å². The van der Waals surface area contributed by atoms with Gasteiger partial charge in [-0.3, -0.25) is 9.59 Å². The summed E-state index contributed by atoms with van der Waals surface area (Å²) < 4.78 is 17.6. The van der Waals surface area contributed by atoms with E-state index in [9.17, 15) is 14.0 Å². The molecule has 0 atom stereocenters. The second-order valence-corrected chi connectivity index (χ2v) is 4.04. The highest BCUT2D eigenvalue weighted by Gasteiger charge is 2.18. The van der Waals surface area contributed by atoms with Crippen molar-refractivity contribution in [3.8, 4) is 0 Å². The molecule has 0 spiro atoms. The maximum atomic E-state index is 12.8. The van der Waals surface area contributed by atoms with Crippen molar-refractivity contribution < 1.29 is 18.7 Å². The number of ether oxygens (including phenoxy) is 1. The summed E-state index contributed by atoms with van der Waals surface area (Å²) in [6.45, 7) is 4.27. The number of hydrogen-bond donors (Lipinski definition) is 0. The molecule has 5 heteroatoms. The Bertz CT molecular complexity index is 431. The number of benzene rings is 1. The van der Waals surface area contributed by atoms with Crippen molar-refractivity contribution in [2.24, 2.45) is 0 Å². The number of carbonyl (C=O) groups excluding carboxylic acids is 2. The minimum Gasteiger partial charge on any atom is -0.465 e. The lowest BCUT2D eigenvalue weighted by molar-refractivity contribution is -0.143. The van der Waals surface area contributed by atoms with Crippen LogP contribution in [0.5, 0.6) is 0 Å². The van der Waals surface area contributed by atoms with E-state index in [0.29, 0.717) is 12.1 Å². The Morgan fingerprint density at radius 2 is 1.84 bits per heavy atom. The normalized spacial score (nSPS) is 10.1. The van der Waals surface area contributed by atoms with E-state index in [0.717, 1.165) is 6.42 Å². The molecular weight excluding hydrogens is 249 g/mol. The van der Waals surface area contributed by atoms with Crippen molar-refractivity contribution in [3.63, 3.8) is 0 Å². The third kappa shape index (κ3) is 4.69. The number of esters is 1. The van der Waals surface area contributed by atoms with E-state index in [1.54, 1.807) is 6.92 Å². The van der Waals surface area contributed by atoms with Gasteiger partial charge in [-0.15, -0.1) is 0 Å². The van der Waals surface area contributed by atoms with Gasteiger partial charge in [0, 0.05) is 12.1 Å². The number of carbonyl (C=O) groups is 2. The van der Waals surface area contributed by atoms with Crippen LogP contribution < -0.4 is 0 Å². The zero-order valence-electron chi connectivity index (χ0n) is 11.2. The number of nitrogens with zero attached hydrogens (tertiary/aromatic N) is 1. The highest BCUT2D eigenvalue weighted by atomic mass is 19.1. The fourth-order valence-corrected chi connectivity index (χ4v) is 1.66. The molecule has 1 rings (SSSR count). The lowest BCUT2D eigenvalue weighted by Gasteiger charge is -2.21. The summed E-state index contributed by atoms with van der Waals surface area (Å²) in [6, 6.07) is 5.26. The topological polar surface area (TPSA) is 46.6 Å². The second kappa shape index (κ2) is 7.51. The molecule has 0 bridgehead atoms. The highest BCUT2D eigenvalue weighted by molar-refractivity contribution is 5.95. The summed E-state index contributed by atoms with van der Waals surface area (Å²) >= 11 is 0. The summed E-state index contributed by atoms with van der Waals surface area (Å²) in [7, 11) is 0. The van der Waals surface area contributed by atoms with Crippen molar-refractivity contribution in [2.45, 2.75) is 20.3 Å². The first-order valence-corrected chi connectivity index (χ1v) is 6.29. The maximum Gasteiger partial charge on any atom is 0.325 e. The van der Waals surface area contributed by atoms with Crippen LogP contribution in [-0.2, 0) is 9.53 Å². The molecule has 0 radical (unpaired) electrons. The molecule has 1 aromatic rings. The molecule has 0 unspecified atom stereocenters. The van der Waals surface area contributed by atoms with Gasteiger partial charge in [0.1, 0.15) is 12.4 Å². The zero-order chi connectivity index (χ0) is 14.3. The van der Waals surface area contributed by atoms with Crippen LogP contribution in [0.25, 0.3) is 0 Å². The van der Waals surface area contributed by atoms with Gasteiger partial charge in [-0.05, 0) is 37.6 Å². The van der Waals surface area contributed by atoms with Crippen molar-refractivity contribution in [1.29, 1.82) is 0 Å². The van der Waals surface area contributed by atoms with Gasteiger partial charge in [0.05, 0.1) is 6.61 Å². The van der Waals surface area contributed by atoms with E-state index in [4.69, 9.17) is 4.74 Å². The molecule has 0 aliphatic heterocycles. The fraction of sp³-hybridized carbons (Fsp3) is 0.429. The van der Waals surface area contributed by atoms with E-state index >= 15 is 0 Å². The Labute approximate surface area is 112 Å².